The van der Waals surface area contributed by atoms with Crippen molar-refractivity contribution >= 4 is 0 Å². The maximum absolute atomic E-state index is 8.84. The summed E-state index contributed by atoms with van der Waals surface area (Å²) in [7, 11) is 0. The van der Waals surface area contributed by atoms with E-state index in [-0.39, 0.29) is 0 Å². The first-order valence-electron chi connectivity index (χ1n) is 7.12. The lowest BCUT2D eigenvalue weighted by Crippen LogP contribution is -2.25. The average molecular weight is 262 g/mol. The summed E-state index contributed by atoms with van der Waals surface area (Å²) >= 11 is 0. The van der Waals surface area contributed by atoms with E-state index in [0.29, 0.717) is 0 Å². The van der Waals surface area contributed by atoms with E-state index >= 15 is 0 Å². The minimum absolute atomic E-state index is 0.728. The Bertz CT molecular complexity index is 592. The minimum atomic E-state index is 0.728. The van der Waals surface area contributed by atoms with Crippen LogP contribution in [-0.4, -0.2) is 10.9 Å². The van der Waals surface area contributed by atoms with Crippen LogP contribution in [0.4, 0.5) is 0 Å². The summed E-state index contributed by atoms with van der Waals surface area (Å²) in [4.78, 5) is 2.54. The Labute approximate surface area is 120 Å². The van der Waals surface area contributed by atoms with E-state index in [1.165, 1.54) is 24.0 Å². The molecular weight excluding hydrogens is 244 g/mol. The third-order valence-electron chi connectivity index (χ3n) is 3.76. The largest absolute Gasteiger partial charge is 0.292 e. The van der Waals surface area contributed by atoms with E-state index < -0.39 is 0 Å². The van der Waals surface area contributed by atoms with Gasteiger partial charge in [0.25, 0.3) is 0 Å². The maximum Gasteiger partial charge on any atom is 0.0991 e. The lowest BCUT2D eigenvalue weighted by Gasteiger charge is -2.22. The Morgan fingerprint density at radius 1 is 0.900 bits per heavy atom. The van der Waals surface area contributed by atoms with E-state index in [1.807, 2.05) is 12.1 Å². The zero-order valence-corrected chi connectivity index (χ0v) is 11.5. The molecule has 0 atom stereocenters. The number of nitrogens with zero attached hydrogens (tertiary/aromatic N) is 2. The quantitative estimate of drug-likeness (QED) is 0.821. The van der Waals surface area contributed by atoms with Crippen LogP contribution in [0.2, 0.25) is 0 Å². The first-order valence-corrected chi connectivity index (χ1v) is 7.12. The number of hydrogen-bond acceptors (Lipinski definition) is 2. The second kappa shape index (κ2) is 5.90. The molecule has 0 bridgehead atoms. The maximum atomic E-state index is 8.84. The van der Waals surface area contributed by atoms with Crippen molar-refractivity contribution in [3.63, 3.8) is 0 Å². The summed E-state index contributed by atoms with van der Waals surface area (Å²) in [5, 5.41) is 8.84. The van der Waals surface area contributed by atoms with Gasteiger partial charge in [-0.25, -0.2) is 0 Å². The molecule has 0 radical (unpaired) electrons. The molecule has 1 saturated carbocycles. The summed E-state index contributed by atoms with van der Waals surface area (Å²) in [5.74, 6) is 0. The van der Waals surface area contributed by atoms with Crippen molar-refractivity contribution in [2.75, 3.05) is 0 Å². The van der Waals surface area contributed by atoms with Crippen molar-refractivity contribution in [1.82, 2.24) is 4.90 Å². The van der Waals surface area contributed by atoms with Crippen molar-refractivity contribution in [2.45, 2.75) is 32.0 Å². The van der Waals surface area contributed by atoms with Gasteiger partial charge in [0, 0.05) is 19.1 Å². The number of rotatable bonds is 5. The number of nitriles is 1. The van der Waals surface area contributed by atoms with E-state index in [1.54, 1.807) is 0 Å². The Morgan fingerprint density at radius 2 is 1.50 bits per heavy atom. The van der Waals surface area contributed by atoms with Gasteiger partial charge >= 0.3 is 0 Å². The molecule has 0 amide bonds. The number of benzene rings is 2. The zero-order chi connectivity index (χ0) is 13.8. The first kappa shape index (κ1) is 12.9. The van der Waals surface area contributed by atoms with Gasteiger partial charge in [-0.2, -0.15) is 5.26 Å². The van der Waals surface area contributed by atoms with Gasteiger partial charge in [-0.05, 0) is 36.1 Å². The molecule has 100 valence electrons. The lowest BCUT2D eigenvalue weighted by atomic mass is 10.1. The van der Waals surface area contributed by atoms with Crippen molar-refractivity contribution in [2.24, 2.45) is 0 Å². The van der Waals surface area contributed by atoms with E-state index in [9.17, 15) is 0 Å². The van der Waals surface area contributed by atoms with E-state index in [4.69, 9.17) is 5.26 Å². The van der Waals surface area contributed by atoms with Gasteiger partial charge in [-0.3, -0.25) is 4.90 Å². The van der Waals surface area contributed by atoms with Crippen LogP contribution >= 0.6 is 0 Å². The molecule has 20 heavy (non-hydrogen) atoms. The Hall–Kier alpha value is -2.11. The normalized spacial score (nSPS) is 14.2. The molecule has 3 rings (SSSR count). The van der Waals surface area contributed by atoms with Gasteiger partial charge in [0.15, 0.2) is 0 Å². The fourth-order valence-corrected chi connectivity index (χ4v) is 2.49. The average Bonchev–Trinajstić information content (AvgIpc) is 3.33. The van der Waals surface area contributed by atoms with Crippen LogP contribution in [0.15, 0.2) is 54.6 Å². The fraction of sp³-hybridized carbons (Fsp3) is 0.278. The first-order chi connectivity index (χ1) is 9.85. The van der Waals surface area contributed by atoms with Gasteiger partial charge in [0.2, 0.25) is 0 Å². The molecule has 2 aromatic rings. The highest BCUT2D eigenvalue weighted by atomic mass is 15.2. The molecule has 1 aliphatic carbocycles. The molecule has 0 unspecified atom stereocenters. The fourth-order valence-electron chi connectivity index (χ4n) is 2.49. The molecule has 1 fully saturated rings. The predicted octanol–water partition coefficient (Wildman–Crippen LogP) is 3.72. The van der Waals surface area contributed by atoms with Crippen LogP contribution in [-0.2, 0) is 13.1 Å². The summed E-state index contributed by atoms with van der Waals surface area (Å²) < 4.78 is 0. The van der Waals surface area contributed by atoms with Crippen molar-refractivity contribution in [3.05, 3.63) is 71.3 Å². The van der Waals surface area contributed by atoms with Gasteiger partial charge in [-0.15, -0.1) is 0 Å². The van der Waals surface area contributed by atoms with E-state index in [0.717, 1.165) is 24.7 Å². The van der Waals surface area contributed by atoms with Crippen LogP contribution in [0.1, 0.15) is 29.5 Å². The molecule has 0 aromatic heterocycles. The smallest absolute Gasteiger partial charge is 0.0991 e. The highest BCUT2D eigenvalue weighted by Crippen LogP contribution is 2.29. The predicted molar refractivity (Wildman–Crippen MR) is 79.9 cm³/mol. The van der Waals surface area contributed by atoms with Gasteiger partial charge in [-0.1, -0.05) is 42.5 Å². The monoisotopic (exact) mass is 262 g/mol. The Kier molecular flexibility index (Phi) is 3.80. The topological polar surface area (TPSA) is 27.0 Å². The summed E-state index contributed by atoms with van der Waals surface area (Å²) in [6, 6.07) is 21.5. The second-order valence-electron chi connectivity index (χ2n) is 5.43. The summed E-state index contributed by atoms with van der Waals surface area (Å²) in [6.07, 6.45) is 2.62. The molecule has 0 aliphatic heterocycles. The van der Waals surface area contributed by atoms with Gasteiger partial charge < -0.3 is 0 Å². The van der Waals surface area contributed by atoms with Crippen LogP contribution in [0.5, 0.6) is 0 Å². The van der Waals surface area contributed by atoms with Crippen LogP contribution in [0.3, 0.4) is 0 Å². The van der Waals surface area contributed by atoms with Crippen molar-refractivity contribution in [1.29, 1.82) is 5.26 Å². The Morgan fingerprint density at radius 3 is 2.05 bits per heavy atom. The second-order valence-corrected chi connectivity index (χ2v) is 5.43. The molecule has 0 spiro atoms. The SMILES string of the molecule is N#Cc1ccc(CN(Cc2ccccc2)C2CC2)cc1. The third kappa shape index (κ3) is 3.26. The van der Waals surface area contributed by atoms with Gasteiger partial charge in [0.1, 0.15) is 0 Å². The standard InChI is InChI=1S/C18H18N2/c19-12-15-6-8-17(9-7-15)14-20(18-10-11-18)13-16-4-2-1-3-5-16/h1-9,18H,10-11,13-14H2. The van der Waals surface area contributed by atoms with Crippen LogP contribution in [0, 0.1) is 11.3 Å². The zero-order valence-electron chi connectivity index (χ0n) is 11.5. The summed E-state index contributed by atoms with van der Waals surface area (Å²) in [6.45, 7) is 1.97. The molecule has 2 heteroatoms. The highest BCUT2D eigenvalue weighted by Gasteiger charge is 2.28. The molecule has 2 nitrogen and oxygen atoms in total. The summed E-state index contributed by atoms with van der Waals surface area (Å²) in [5.41, 5.74) is 3.38. The molecule has 2 aromatic carbocycles. The van der Waals surface area contributed by atoms with Crippen LogP contribution in [0.25, 0.3) is 0 Å². The van der Waals surface area contributed by atoms with Crippen LogP contribution < -0.4 is 0 Å². The molecule has 1 aliphatic rings. The molecule has 0 N–H and O–H groups in total. The van der Waals surface area contributed by atoms with Crippen molar-refractivity contribution < 1.29 is 0 Å². The highest BCUT2D eigenvalue weighted by molar-refractivity contribution is 5.31. The molecule has 0 saturated heterocycles. The molecule has 0 heterocycles. The third-order valence-corrected chi connectivity index (χ3v) is 3.76. The molecular formula is C18H18N2. The van der Waals surface area contributed by atoms with E-state index in [2.05, 4.69) is 53.4 Å². The lowest BCUT2D eigenvalue weighted by molar-refractivity contribution is 0.246. The number of hydrogen-bond donors (Lipinski definition) is 0. The van der Waals surface area contributed by atoms with Gasteiger partial charge in [0.05, 0.1) is 11.6 Å². The van der Waals surface area contributed by atoms with Crippen molar-refractivity contribution in [3.8, 4) is 6.07 Å². The minimum Gasteiger partial charge on any atom is -0.292 e. The Balaban J connectivity index is 1.69.